The fourth-order valence-corrected chi connectivity index (χ4v) is 5.28. The largest absolute Gasteiger partial charge is 0.481 e. The molecule has 1 aliphatic heterocycles. The van der Waals surface area contributed by atoms with Crippen molar-refractivity contribution in [2.45, 2.75) is 12.5 Å². The van der Waals surface area contributed by atoms with Crippen LogP contribution in [0.3, 0.4) is 0 Å². The Balaban J connectivity index is 1.39. The van der Waals surface area contributed by atoms with Crippen LogP contribution in [0.5, 0.6) is 5.88 Å². The molecule has 10 nitrogen and oxygen atoms in total. The summed E-state index contributed by atoms with van der Waals surface area (Å²) in [5.74, 6) is 1.92. The van der Waals surface area contributed by atoms with E-state index in [1.807, 2.05) is 48.7 Å². The average molecular weight is 525 g/mol. The summed E-state index contributed by atoms with van der Waals surface area (Å²) in [4.78, 5) is 32.7. The summed E-state index contributed by atoms with van der Waals surface area (Å²) in [6, 6.07) is 14.8. The molecule has 0 saturated carbocycles. The molecule has 0 radical (unpaired) electrons. The summed E-state index contributed by atoms with van der Waals surface area (Å²) >= 11 is 6.37. The first-order valence-corrected chi connectivity index (χ1v) is 12.5. The van der Waals surface area contributed by atoms with Crippen LogP contribution in [-0.4, -0.2) is 47.8 Å². The number of aromatic amines is 1. The highest BCUT2D eigenvalue weighted by Gasteiger charge is 2.37. The SMILES string of the molecule is COc1ccc(-c2c[nH]c3ncnc(N4CCC4c4nn5ccc(Cl)c5c(=O)n4-c4ccccc4)c23)cn1. The summed E-state index contributed by atoms with van der Waals surface area (Å²) in [5.41, 5.74) is 3.40. The molecule has 0 aliphatic carbocycles. The fourth-order valence-electron chi connectivity index (χ4n) is 5.05. The van der Waals surface area contributed by atoms with Crippen LogP contribution in [0.25, 0.3) is 33.4 Å². The van der Waals surface area contributed by atoms with Crippen LogP contribution in [0.15, 0.2) is 78.2 Å². The van der Waals surface area contributed by atoms with E-state index in [0.717, 1.165) is 41.0 Å². The highest BCUT2D eigenvalue weighted by Crippen LogP contribution is 2.42. The van der Waals surface area contributed by atoms with Crippen molar-refractivity contribution in [3.63, 3.8) is 0 Å². The number of para-hydroxylation sites is 1. The average Bonchev–Trinajstić information content (AvgIpc) is 3.53. The van der Waals surface area contributed by atoms with Crippen molar-refractivity contribution >= 4 is 34.0 Å². The van der Waals surface area contributed by atoms with E-state index in [0.29, 0.717) is 27.9 Å². The Morgan fingerprint density at radius 3 is 2.68 bits per heavy atom. The van der Waals surface area contributed by atoms with Crippen molar-refractivity contribution in [3.05, 3.63) is 94.6 Å². The maximum absolute atomic E-state index is 13.7. The second-order valence-electron chi connectivity index (χ2n) is 9.00. The Morgan fingerprint density at radius 2 is 1.95 bits per heavy atom. The molecule has 1 fully saturated rings. The normalized spacial score (nSPS) is 15.2. The van der Waals surface area contributed by atoms with Gasteiger partial charge in [-0.3, -0.25) is 9.36 Å². The van der Waals surface area contributed by atoms with E-state index in [4.69, 9.17) is 26.4 Å². The second-order valence-corrected chi connectivity index (χ2v) is 9.41. The van der Waals surface area contributed by atoms with Gasteiger partial charge in [0.1, 0.15) is 23.3 Å². The number of pyridine rings is 1. The van der Waals surface area contributed by atoms with Gasteiger partial charge in [-0.2, -0.15) is 5.10 Å². The van der Waals surface area contributed by atoms with Gasteiger partial charge in [0.2, 0.25) is 5.88 Å². The lowest BCUT2D eigenvalue weighted by atomic mass is 10.00. The molecule has 38 heavy (non-hydrogen) atoms. The molecular weight excluding hydrogens is 504 g/mol. The van der Waals surface area contributed by atoms with Crippen LogP contribution in [0.2, 0.25) is 5.02 Å². The van der Waals surface area contributed by atoms with Gasteiger partial charge in [-0.25, -0.2) is 19.5 Å². The highest BCUT2D eigenvalue weighted by atomic mass is 35.5. The lowest BCUT2D eigenvalue weighted by molar-refractivity contribution is 0.398. The Kier molecular flexibility index (Phi) is 5.15. The third kappa shape index (κ3) is 3.37. The molecule has 1 N–H and O–H groups in total. The van der Waals surface area contributed by atoms with Gasteiger partial charge in [-0.15, -0.1) is 0 Å². The molecule has 188 valence electrons. The number of nitrogens with zero attached hydrogens (tertiary/aromatic N) is 7. The summed E-state index contributed by atoms with van der Waals surface area (Å²) in [6.45, 7) is 0.747. The van der Waals surface area contributed by atoms with Crippen LogP contribution >= 0.6 is 11.6 Å². The van der Waals surface area contributed by atoms with Gasteiger partial charge in [0.15, 0.2) is 5.82 Å². The molecule has 1 aromatic carbocycles. The zero-order valence-electron chi connectivity index (χ0n) is 20.2. The van der Waals surface area contributed by atoms with Crippen molar-refractivity contribution in [3.8, 4) is 22.7 Å². The van der Waals surface area contributed by atoms with E-state index in [-0.39, 0.29) is 11.6 Å². The lowest BCUT2D eigenvalue weighted by Crippen LogP contribution is -2.45. The molecule has 11 heteroatoms. The van der Waals surface area contributed by atoms with Gasteiger partial charge in [0.05, 0.1) is 29.2 Å². The number of anilines is 1. The van der Waals surface area contributed by atoms with E-state index < -0.39 is 0 Å². The molecule has 0 spiro atoms. The number of rotatable bonds is 5. The molecule has 7 rings (SSSR count). The van der Waals surface area contributed by atoms with Crippen LogP contribution < -0.4 is 15.2 Å². The first kappa shape index (κ1) is 22.5. The summed E-state index contributed by atoms with van der Waals surface area (Å²) in [6.07, 6.45) is 7.74. The summed E-state index contributed by atoms with van der Waals surface area (Å²) in [5, 5.41) is 6.12. The van der Waals surface area contributed by atoms with Crippen molar-refractivity contribution in [2.75, 3.05) is 18.6 Å². The maximum Gasteiger partial charge on any atom is 0.284 e. The lowest BCUT2D eigenvalue weighted by Gasteiger charge is -2.42. The van der Waals surface area contributed by atoms with E-state index in [1.165, 1.54) is 0 Å². The molecule has 6 heterocycles. The number of ether oxygens (including phenoxy) is 1. The van der Waals surface area contributed by atoms with Gasteiger partial charge < -0.3 is 14.6 Å². The predicted molar refractivity (Wildman–Crippen MR) is 144 cm³/mol. The minimum atomic E-state index is -0.220. The van der Waals surface area contributed by atoms with Crippen LogP contribution in [0.1, 0.15) is 18.3 Å². The Bertz CT molecular complexity index is 1860. The number of nitrogens with one attached hydrogen (secondary N) is 1. The number of hydrogen-bond acceptors (Lipinski definition) is 7. The predicted octanol–water partition coefficient (Wildman–Crippen LogP) is 4.43. The van der Waals surface area contributed by atoms with Gasteiger partial charge in [0, 0.05) is 42.3 Å². The van der Waals surface area contributed by atoms with E-state index in [2.05, 4.69) is 19.9 Å². The van der Waals surface area contributed by atoms with Crippen LogP contribution in [-0.2, 0) is 0 Å². The Hall–Kier alpha value is -4.70. The van der Waals surface area contributed by atoms with Crippen LogP contribution in [0.4, 0.5) is 5.82 Å². The molecule has 0 amide bonds. The Labute approximate surface area is 221 Å². The minimum Gasteiger partial charge on any atom is -0.481 e. The van der Waals surface area contributed by atoms with E-state index in [9.17, 15) is 4.79 Å². The molecule has 1 saturated heterocycles. The third-order valence-electron chi connectivity index (χ3n) is 6.97. The number of H-pyrrole nitrogens is 1. The monoisotopic (exact) mass is 524 g/mol. The topological polar surface area (TPSA) is 106 Å². The number of hydrogen-bond donors (Lipinski definition) is 1. The summed E-state index contributed by atoms with van der Waals surface area (Å²) in [7, 11) is 1.59. The first-order chi connectivity index (χ1) is 18.6. The summed E-state index contributed by atoms with van der Waals surface area (Å²) < 4.78 is 8.44. The molecule has 0 bridgehead atoms. The molecular formula is C27H21ClN8O2. The quantitative estimate of drug-likeness (QED) is 0.355. The third-order valence-corrected chi connectivity index (χ3v) is 7.28. The van der Waals surface area contributed by atoms with Crippen molar-refractivity contribution in [2.24, 2.45) is 0 Å². The van der Waals surface area contributed by atoms with Gasteiger partial charge in [-0.1, -0.05) is 29.8 Å². The molecule has 1 atom stereocenters. The standard InChI is InChI=1S/C27H21ClN8O2/c1-38-21-8-7-16(13-29-21)18-14-30-24-22(18)26(32-15-31-24)34-11-10-20(34)25-33-35-12-9-19(28)23(35)27(37)36(25)17-5-3-2-4-6-17/h2-9,12-15,20H,10-11H2,1H3,(H,30,31,32). The zero-order valence-corrected chi connectivity index (χ0v) is 21.0. The molecule has 5 aromatic heterocycles. The number of aromatic nitrogens is 7. The van der Waals surface area contributed by atoms with Crippen molar-refractivity contribution in [1.29, 1.82) is 0 Å². The van der Waals surface area contributed by atoms with Crippen molar-refractivity contribution in [1.82, 2.24) is 34.1 Å². The number of methoxy groups -OCH3 is 1. The number of halogens is 1. The maximum atomic E-state index is 13.7. The van der Waals surface area contributed by atoms with E-state index in [1.54, 1.807) is 41.0 Å². The van der Waals surface area contributed by atoms with Gasteiger partial charge >= 0.3 is 0 Å². The number of fused-ring (bicyclic) bond motifs is 2. The molecule has 6 aromatic rings. The zero-order chi connectivity index (χ0) is 25.8. The highest BCUT2D eigenvalue weighted by molar-refractivity contribution is 6.33. The second kappa shape index (κ2) is 8.70. The van der Waals surface area contributed by atoms with Gasteiger partial charge in [0.25, 0.3) is 5.56 Å². The molecule has 1 unspecified atom stereocenters. The number of benzene rings is 1. The molecule has 1 aliphatic rings. The van der Waals surface area contributed by atoms with Crippen LogP contribution in [0, 0.1) is 0 Å². The Morgan fingerprint density at radius 1 is 1.08 bits per heavy atom. The smallest absolute Gasteiger partial charge is 0.284 e. The first-order valence-electron chi connectivity index (χ1n) is 12.1. The fraction of sp³-hybridized carbons (Fsp3) is 0.148. The van der Waals surface area contributed by atoms with Crippen molar-refractivity contribution < 1.29 is 4.74 Å². The van der Waals surface area contributed by atoms with Gasteiger partial charge in [-0.05, 0) is 30.7 Å². The minimum absolute atomic E-state index is 0.191. The van der Waals surface area contributed by atoms with E-state index >= 15 is 0 Å².